The summed E-state index contributed by atoms with van der Waals surface area (Å²) in [6.07, 6.45) is 0. The van der Waals surface area contributed by atoms with E-state index in [-0.39, 0.29) is 0 Å². The molecule has 3 rings (SSSR count). The minimum absolute atomic E-state index is 0.473. The molecule has 0 spiro atoms. The van der Waals surface area contributed by atoms with E-state index in [2.05, 4.69) is 34.5 Å². The van der Waals surface area contributed by atoms with Crippen LogP contribution >= 0.6 is 11.3 Å². The topological polar surface area (TPSA) is 51.0 Å². The number of hydrogen-bond acceptors (Lipinski definition) is 5. The first-order valence-corrected chi connectivity index (χ1v) is 7.55. The first-order valence-electron chi connectivity index (χ1n) is 6.67. The zero-order valence-electron chi connectivity index (χ0n) is 11.8. The maximum absolute atomic E-state index is 5.65. The predicted molar refractivity (Wildman–Crippen MR) is 82.3 cm³/mol. The summed E-state index contributed by atoms with van der Waals surface area (Å²) in [5.41, 5.74) is 3.89. The number of aryl methyl sites for hydroxylation is 1. The number of anilines is 1. The molecular formula is C15H17N3OS. The van der Waals surface area contributed by atoms with Crippen LogP contribution in [0.4, 0.5) is 6.01 Å². The van der Waals surface area contributed by atoms with Gasteiger partial charge in [-0.05, 0) is 24.6 Å². The molecule has 0 aliphatic rings. The standard InChI is InChI=1S/C15H17N3OS/c1-9(2)14-17-11(8-20-14)7-16-15-18-12-6-10(3)4-5-13(12)19-15/h4-6,8-9H,7H2,1-3H3,(H,16,18). The molecule has 0 radical (unpaired) electrons. The Morgan fingerprint density at radius 2 is 2.15 bits per heavy atom. The molecule has 4 nitrogen and oxygen atoms in total. The van der Waals surface area contributed by atoms with Crippen LogP contribution in [0.5, 0.6) is 0 Å². The smallest absolute Gasteiger partial charge is 0.296 e. The monoisotopic (exact) mass is 287 g/mol. The van der Waals surface area contributed by atoms with Crippen molar-refractivity contribution in [3.05, 3.63) is 39.8 Å². The van der Waals surface area contributed by atoms with Crippen LogP contribution in [0.25, 0.3) is 11.1 Å². The Morgan fingerprint density at radius 3 is 2.90 bits per heavy atom. The number of rotatable bonds is 4. The van der Waals surface area contributed by atoms with Crippen molar-refractivity contribution in [2.24, 2.45) is 0 Å². The summed E-state index contributed by atoms with van der Waals surface area (Å²) in [6.45, 7) is 6.98. The van der Waals surface area contributed by atoms with Crippen molar-refractivity contribution in [1.82, 2.24) is 9.97 Å². The minimum atomic E-state index is 0.473. The van der Waals surface area contributed by atoms with Crippen LogP contribution in [0.1, 0.15) is 36.0 Å². The number of fused-ring (bicyclic) bond motifs is 1. The Morgan fingerprint density at radius 1 is 1.30 bits per heavy atom. The van der Waals surface area contributed by atoms with Gasteiger partial charge in [0.25, 0.3) is 6.01 Å². The number of oxazole rings is 1. The predicted octanol–water partition coefficient (Wildman–Crippen LogP) is 4.33. The van der Waals surface area contributed by atoms with Gasteiger partial charge in [0.2, 0.25) is 0 Å². The van der Waals surface area contributed by atoms with Gasteiger partial charge in [0.1, 0.15) is 5.52 Å². The second-order valence-electron chi connectivity index (χ2n) is 5.18. The summed E-state index contributed by atoms with van der Waals surface area (Å²) in [7, 11) is 0. The van der Waals surface area contributed by atoms with Crippen LogP contribution in [-0.4, -0.2) is 9.97 Å². The molecule has 0 bridgehead atoms. The van der Waals surface area contributed by atoms with E-state index in [1.807, 2.05) is 25.1 Å². The molecule has 104 valence electrons. The molecule has 2 aromatic heterocycles. The van der Waals surface area contributed by atoms with E-state index in [1.165, 1.54) is 5.56 Å². The van der Waals surface area contributed by atoms with Crippen molar-refractivity contribution in [3.8, 4) is 0 Å². The van der Waals surface area contributed by atoms with Crippen LogP contribution in [-0.2, 0) is 6.54 Å². The maximum atomic E-state index is 5.65. The lowest BCUT2D eigenvalue weighted by molar-refractivity contribution is 0.613. The van der Waals surface area contributed by atoms with Crippen molar-refractivity contribution >= 4 is 28.5 Å². The van der Waals surface area contributed by atoms with Crippen LogP contribution in [0, 0.1) is 6.92 Å². The molecule has 2 heterocycles. The largest absolute Gasteiger partial charge is 0.424 e. The van der Waals surface area contributed by atoms with Gasteiger partial charge in [0.15, 0.2) is 5.58 Å². The van der Waals surface area contributed by atoms with E-state index in [0.717, 1.165) is 21.8 Å². The summed E-state index contributed by atoms with van der Waals surface area (Å²) >= 11 is 1.70. The third-order valence-electron chi connectivity index (χ3n) is 3.03. The number of benzene rings is 1. The highest BCUT2D eigenvalue weighted by molar-refractivity contribution is 7.09. The van der Waals surface area contributed by atoms with Gasteiger partial charge in [-0.3, -0.25) is 0 Å². The normalized spacial score (nSPS) is 11.4. The average molecular weight is 287 g/mol. The average Bonchev–Trinajstić information content (AvgIpc) is 3.01. The highest BCUT2D eigenvalue weighted by Gasteiger charge is 2.08. The van der Waals surface area contributed by atoms with Gasteiger partial charge < -0.3 is 9.73 Å². The van der Waals surface area contributed by atoms with Crippen molar-refractivity contribution in [1.29, 1.82) is 0 Å². The summed E-state index contributed by atoms with van der Waals surface area (Å²) in [5.74, 6) is 0.473. The minimum Gasteiger partial charge on any atom is -0.424 e. The molecule has 0 saturated carbocycles. The molecule has 1 N–H and O–H groups in total. The number of nitrogens with zero attached hydrogens (tertiary/aromatic N) is 2. The lowest BCUT2D eigenvalue weighted by Gasteiger charge is -1.98. The molecule has 1 aromatic carbocycles. The van der Waals surface area contributed by atoms with Crippen LogP contribution in [0.2, 0.25) is 0 Å². The number of thiazole rings is 1. The van der Waals surface area contributed by atoms with Gasteiger partial charge in [0.05, 0.1) is 17.2 Å². The van der Waals surface area contributed by atoms with E-state index >= 15 is 0 Å². The Hall–Kier alpha value is -1.88. The molecule has 0 saturated heterocycles. The Balaban J connectivity index is 1.72. The number of aromatic nitrogens is 2. The first-order chi connectivity index (χ1) is 9.61. The molecule has 0 fully saturated rings. The lowest BCUT2D eigenvalue weighted by atomic mass is 10.2. The Kier molecular flexibility index (Phi) is 3.44. The molecule has 5 heteroatoms. The second-order valence-corrected chi connectivity index (χ2v) is 6.07. The van der Waals surface area contributed by atoms with E-state index in [9.17, 15) is 0 Å². The molecule has 0 amide bonds. The summed E-state index contributed by atoms with van der Waals surface area (Å²) in [6, 6.07) is 6.53. The van der Waals surface area contributed by atoms with Crippen molar-refractivity contribution in [2.75, 3.05) is 5.32 Å². The van der Waals surface area contributed by atoms with Crippen molar-refractivity contribution in [3.63, 3.8) is 0 Å². The van der Waals surface area contributed by atoms with Gasteiger partial charge >= 0.3 is 0 Å². The van der Waals surface area contributed by atoms with Gasteiger partial charge in [-0.2, -0.15) is 4.98 Å². The fraction of sp³-hybridized carbons (Fsp3) is 0.333. The number of nitrogens with one attached hydrogen (secondary N) is 1. The molecule has 3 aromatic rings. The fourth-order valence-corrected chi connectivity index (χ4v) is 2.78. The van der Waals surface area contributed by atoms with Crippen LogP contribution in [0.15, 0.2) is 28.0 Å². The molecule has 0 atom stereocenters. The highest BCUT2D eigenvalue weighted by Crippen LogP contribution is 2.22. The van der Waals surface area contributed by atoms with Gasteiger partial charge in [-0.15, -0.1) is 11.3 Å². The zero-order valence-corrected chi connectivity index (χ0v) is 12.6. The molecule has 20 heavy (non-hydrogen) atoms. The van der Waals surface area contributed by atoms with E-state index in [4.69, 9.17) is 4.42 Å². The fourth-order valence-electron chi connectivity index (χ4n) is 1.95. The lowest BCUT2D eigenvalue weighted by Crippen LogP contribution is -2.00. The Labute approximate surface area is 121 Å². The quantitative estimate of drug-likeness (QED) is 0.776. The van der Waals surface area contributed by atoms with Crippen LogP contribution < -0.4 is 5.32 Å². The molecule has 0 aliphatic carbocycles. The van der Waals surface area contributed by atoms with Gasteiger partial charge in [-0.1, -0.05) is 19.9 Å². The molecule has 0 aliphatic heterocycles. The van der Waals surface area contributed by atoms with Crippen molar-refractivity contribution < 1.29 is 4.42 Å². The summed E-state index contributed by atoms with van der Waals surface area (Å²) < 4.78 is 5.65. The van der Waals surface area contributed by atoms with E-state index in [1.54, 1.807) is 11.3 Å². The van der Waals surface area contributed by atoms with Gasteiger partial charge in [0, 0.05) is 11.3 Å². The Bertz CT molecular complexity index is 730. The highest BCUT2D eigenvalue weighted by atomic mass is 32.1. The summed E-state index contributed by atoms with van der Waals surface area (Å²) in [5, 5.41) is 6.43. The SMILES string of the molecule is Cc1ccc2oc(NCc3csc(C(C)C)n3)nc2c1. The third-order valence-corrected chi connectivity index (χ3v) is 4.22. The number of hydrogen-bond donors (Lipinski definition) is 1. The summed E-state index contributed by atoms with van der Waals surface area (Å²) in [4.78, 5) is 9.01. The van der Waals surface area contributed by atoms with E-state index in [0.29, 0.717) is 18.5 Å². The van der Waals surface area contributed by atoms with Crippen LogP contribution in [0.3, 0.4) is 0 Å². The molecular weight excluding hydrogens is 270 g/mol. The zero-order chi connectivity index (χ0) is 14.1. The second kappa shape index (κ2) is 5.25. The molecule has 0 unspecified atom stereocenters. The maximum Gasteiger partial charge on any atom is 0.296 e. The third kappa shape index (κ3) is 2.67. The van der Waals surface area contributed by atoms with Gasteiger partial charge in [-0.25, -0.2) is 4.98 Å². The van der Waals surface area contributed by atoms with Crippen molar-refractivity contribution in [2.45, 2.75) is 33.2 Å². The van der Waals surface area contributed by atoms with E-state index < -0.39 is 0 Å². The first kappa shape index (κ1) is 13.1.